The van der Waals surface area contributed by atoms with E-state index in [1.165, 1.54) is 16.8 Å². The average Bonchev–Trinajstić information content (AvgIpc) is 2.88. The number of halogens is 2. The maximum Gasteiger partial charge on any atom is 0.303 e. The number of tetrazole rings is 1. The van der Waals surface area contributed by atoms with Crippen LogP contribution in [0.5, 0.6) is 0 Å². The molecule has 112 valence electrons. The van der Waals surface area contributed by atoms with Crippen molar-refractivity contribution < 1.29 is 14.3 Å². The van der Waals surface area contributed by atoms with Gasteiger partial charge < -0.3 is 5.11 Å². The van der Waals surface area contributed by atoms with Crippen molar-refractivity contribution in [2.75, 3.05) is 0 Å². The highest BCUT2D eigenvalue weighted by Gasteiger charge is 2.17. The largest absolute Gasteiger partial charge is 0.481 e. The third-order valence-electron chi connectivity index (χ3n) is 3.18. The van der Waals surface area contributed by atoms with Gasteiger partial charge in [0.1, 0.15) is 5.82 Å². The molecule has 0 spiro atoms. The van der Waals surface area contributed by atoms with Crippen LogP contribution in [0, 0.1) is 11.7 Å². The van der Waals surface area contributed by atoms with Crippen molar-refractivity contribution in [3.63, 3.8) is 0 Å². The summed E-state index contributed by atoms with van der Waals surface area (Å²) in [4.78, 5) is 10.8. The molecule has 0 saturated carbocycles. The lowest BCUT2D eigenvalue weighted by Crippen LogP contribution is -2.16. The molecule has 1 unspecified atom stereocenters. The van der Waals surface area contributed by atoms with Gasteiger partial charge in [0.25, 0.3) is 0 Å². The van der Waals surface area contributed by atoms with Gasteiger partial charge in [-0.2, -0.15) is 0 Å². The molecule has 0 aliphatic carbocycles. The molecule has 0 bridgehead atoms. The fourth-order valence-electron chi connectivity index (χ4n) is 2.00. The predicted molar refractivity (Wildman–Crippen MR) is 74.3 cm³/mol. The van der Waals surface area contributed by atoms with Crippen LogP contribution >= 0.6 is 11.6 Å². The zero-order chi connectivity index (χ0) is 15.4. The second-order valence-electron chi connectivity index (χ2n) is 4.69. The molecule has 1 N–H and O–H groups in total. The Bertz CT molecular complexity index is 647. The molecule has 1 aromatic heterocycles. The van der Waals surface area contributed by atoms with Gasteiger partial charge in [-0.3, -0.25) is 4.79 Å². The third kappa shape index (κ3) is 3.75. The number of aromatic nitrogens is 4. The minimum absolute atomic E-state index is 0.0232. The van der Waals surface area contributed by atoms with Crippen molar-refractivity contribution in [1.29, 1.82) is 0 Å². The summed E-state index contributed by atoms with van der Waals surface area (Å²) < 4.78 is 15.0. The van der Waals surface area contributed by atoms with E-state index in [2.05, 4.69) is 15.5 Å². The summed E-state index contributed by atoms with van der Waals surface area (Å²) in [5.41, 5.74) is 0.493. The van der Waals surface area contributed by atoms with E-state index in [1.54, 1.807) is 6.07 Å². The highest BCUT2D eigenvalue weighted by Crippen LogP contribution is 2.23. The van der Waals surface area contributed by atoms with E-state index < -0.39 is 11.8 Å². The minimum Gasteiger partial charge on any atom is -0.481 e. The van der Waals surface area contributed by atoms with Gasteiger partial charge in [-0.1, -0.05) is 24.9 Å². The maximum absolute atomic E-state index is 13.5. The molecule has 0 saturated heterocycles. The normalized spacial score (nSPS) is 12.3. The lowest BCUT2D eigenvalue weighted by molar-refractivity contribution is -0.138. The van der Waals surface area contributed by atoms with Crippen LogP contribution in [0.15, 0.2) is 18.2 Å². The number of aliphatic carboxylic acids is 1. The molecule has 0 radical (unpaired) electrons. The highest BCUT2D eigenvalue weighted by atomic mass is 35.5. The van der Waals surface area contributed by atoms with Gasteiger partial charge in [-0.15, -0.1) is 5.10 Å². The van der Waals surface area contributed by atoms with Gasteiger partial charge in [-0.25, -0.2) is 9.07 Å². The highest BCUT2D eigenvalue weighted by molar-refractivity contribution is 6.30. The van der Waals surface area contributed by atoms with E-state index in [4.69, 9.17) is 16.7 Å². The van der Waals surface area contributed by atoms with E-state index >= 15 is 0 Å². The monoisotopic (exact) mass is 312 g/mol. The number of hydrogen-bond acceptors (Lipinski definition) is 4. The first kappa shape index (κ1) is 15.4. The van der Waals surface area contributed by atoms with Crippen LogP contribution < -0.4 is 0 Å². The molecule has 0 amide bonds. The molecule has 0 fully saturated rings. The number of carboxylic acids is 1. The summed E-state index contributed by atoms with van der Waals surface area (Å²) in [5.74, 6) is -1.13. The topological polar surface area (TPSA) is 80.9 Å². The molecule has 8 heteroatoms. The number of carboxylic acid groups (broad SMARTS) is 1. The van der Waals surface area contributed by atoms with Crippen molar-refractivity contribution in [2.45, 2.75) is 26.3 Å². The van der Waals surface area contributed by atoms with Crippen LogP contribution in [0.25, 0.3) is 11.4 Å². The van der Waals surface area contributed by atoms with Crippen molar-refractivity contribution in [2.24, 2.45) is 5.92 Å². The second kappa shape index (κ2) is 6.62. The lowest BCUT2D eigenvalue weighted by atomic mass is 10.0. The number of nitrogens with zero attached hydrogens (tertiary/aromatic N) is 4. The van der Waals surface area contributed by atoms with Crippen LogP contribution in [0.2, 0.25) is 5.02 Å². The zero-order valence-electron chi connectivity index (χ0n) is 11.3. The molecule has 0 aliphatic heterocycles. The quantitative estimate of drug-likeness (QED) is 0.886. The first-order chi connectivity index (χ1) is 10.0. The van der Waals surface area contributed by atoms with Crippen molar-refractivity contribution in [3.8, 4) is 11.4 Å². The average molecular weight is 313 g/mol. The first-order valence-corrected chi connectivity index (χ1v) is 6.82. The van der Waals surface area contributed by atoms with E-state index in [-0.39, 0.29) is 17.4 Å². The molecule has 2 aromatic rings. The number of rotatable bonds is 6. The summed E-state index contributed by atoms with van der Waals surface area (Å²) in [7, 11) is 0. The molecule has 1 atom stereocenters. The standard InChI is InChI=1S/C13H14ClFN4O2/c1-2-8(5-12(20)21)7-19-13(16-17-18-19)9-3-4-10(14)11(15)6-9/h3-4,6,8H,2,5,7H2,1H3,(H,20,21). The van der Waals surface area contributed by atoms with Crippen LogP contribution in [-0.2, 0) is 11.3 Å². The molecule has 1 aromatic carbocycles. The molecule has 2 rings (SSSR count). The van der Waals surface area contributed by atoms with Crippen LogP contribution in [0.1, 0.15) is 19.8 Å². The van der Waals surface area contributed by atoms with E-state index in [0.29, 0.717) is 24.4 Å². The Kier molecular flexibility index (Phi) is 4.85. The number of benzene rings is 1. The summed E-state index contributed by atoms with van der Waals surface area (Å²) in [6, 6.07) is 4.30. The molecule has 0 aliphatic rings. The molecule has 6 nitrogen and oxygen atoms in total. The van der Waals surface area contributed by atoms with Crippen LogP contribution in [-0.4, -0.2) is 31.3 Å². The second-order valence-corrected chi connectivity index (χ2v) is 5.09. The molecule has 21 heavy (non-hydrogen) atoms. The third-order valence-corrected chi connectivity index (χ3v) is 3.49. The van der Waals surface area contributed by atoms with Gasteiger partial charge in [0.15, 0.2) is 5.82 Å². The van der Waals surface area contributed by atoms with Crippen molar-refractivity contribution in [3.05, 3.63) is 29.0 Å². The SMILES string of the molecule is CCC(CC(=O)O)Cn1nnnc1-c1ccc(Cl)c(F)c1. The van der Waals surface area contributed by atoms with Crippen LogP contribution in [0.3, 0.4) is 0 Å². The Morgan fingerprint density at radius 2 is 2.29 bits per heavy atom. The fourth-order valence-corrected chi connectivity index (χ4v) is 2.12. The van der Waals surface area contributed by atoms with Gasteiger partial charge >= 0.3 is 5.97 Å². The van der Waals surface area contributed by atoms with Gasteiger partial charge in [0, 0.05) is 18.5 Å². The number of hydrogen-bond donors (Lipinski definition) is 1. The predicted octanol–water partition coefficient (Wildman–Crippen LogP) is 2.63. The van der Waals surface area contributed by atoms with Crippen LogP contribution in [0.4, 0.5) is 4.39 Å². The van der Waals surface area contributed by atoms with Gasteiger partial charge in [0.05, 0.1) is 5.02 Å². The Balaban J connectivity index is 2.25. The summed E-state index contributed by atoms with van der Waals surface area (Å²) >= 11 is 5.65. The summed E-state index contributed by atoms with van der Waals surface area (Å²) in [6.07, 6.45) is 0.714. The summed E-state index contributed by atoms with van der Waals surface area (Å²) in [6.45, 7) is 2.26. The van der Waals surface area contributed by atoms with E-state index in [0.717, 1.165) is 0 Å². The molecular formula is C13H14ClFN4O2. The smallest absolute Gasteiger partial charge is 0.303 e. The van der Waals surface area contributed by atoms with Gasteiger partial charge in [-0.05, 0) is 34.5 Å². The lowest BCUT2D eigenvalue weighted by Gasteiger charge is -2.13. The Labute approximate surface area is 125 Å². The van der Waals surface area contributed by atoms with Crippen molar-refractivity contribution >= 4 is 17.6 Å². The summed E-state index contributed by atoms with van der Waals surface area (Å²) in [5, 5.41) is 20.2. The van der Waals surface area contributed by atoms with Gasteiger partial charge in [0.2, 0.25) is 0 Å². The molecule has 1 heterocycles. The Morgan fingerprint density at radius 1 is 1.52 bits per heavy atom. The van der Waals surface area contributed by atoms with Crippen molar-refractivity contribution in [1.82, 2.24) is 20.2 Å². The Morgan fingerprint density at radius 3 is 2.90 bits per heavy atom. The fraction of sp³-hybridized carbons (Fsp3) is 0.385. The minimum atomic E-state index is -0.867. The number of carbonyl (C=O) groups is 1. The first-order valence-electron chi connectivity index (χ1n) is 6.44. The Hall–Kier alpha value is -2.02. The van der Waals surface area contributed by atoms with E-state index in [1.807, 2.05) is 6.92 Å². The molecular weight excluding hydrogens is 299 g/mol. The zero-order valence-corrected chi connectivity index (χ0v) is 12.1. The van der Waals surface area contributed by atoms with E-state index in [9.17, 15) is 9.18 Å². The maximum atomic E-state index is 13.5.